The third kappa shape index (κ3) is 60.9. The molecule has 0 saturated heterocycles. The van der Waals surface area contributed by atoms with Gasteiger partial charge in [-0.1, -0.05) is 300 Å². The van der Waals surface area contributed by atoms with E-state index in [1.54, 1.807) is 6.08 Å². The van der Waals surface area contributed by atoms with Gasteiger partial charge in [0.2, 0.25) is 5.91 Å². The van der Waals surface area contributed by atoms with Crippen molar-refractivity contribution < 1.29 is 24.5 Å². The summed E-state index contributed by atoms with van der Waals surface area (Å²) in [6, 6.07) is -0.637. The van der Waals surface area contributed by atoms with Crippen molar-refractivity contribution in [1.29, 1.82) is 0 Å². The molecule has 0 fully saturated rings. The Bertz CT molecular complexity index is 1260. The molecular formula is C69H129NO5. The number of ether oxygens (including phenoxy) is 1. The monoisotopic (exact) mass is 1050 g/mol. The first-order chi connectivity index (χ1) is 37.0. The molecule has 3 N–H and O–H groups in total. The molecule has 75 heavy (non-hydrogen) atoms. The van der Waals surface area contributed by atoms with Crippen molar-refractivity contribution in [3.63, 3.8) is 0 Å². The molecule has 0 aliphatic heterocycles. The molecule has 0 radical (unpaired) electrons. The van der Waals surface area contributed by atoms with Gasteiger partial charge in [0.05, 0.1) is 25.4 Å². The molecule has 2 atom stereocenters. The summed E-state index contributed by atoms with van der Waals surface area (Å²) in [6.07, 6.45) is 83.0. The summed E-state index contributed by atoms with van der Waals surface area (Å²) in [6.45, 7) is 4.88. The largest absolute Gasteiger partial charge is 0.466 e. The van der Waals surface area contributed by atoms with Gasteiger partial charge < -0.3 is 20.3 Å². The van der Waals surface area contributed by atoms with Gasteiger partial charge in [0.25, 0.3) is 0 Å². The Morgan fingerprint density at radius 1 is 0.373 bits per heavy atom. The SMILES string of the molecule is CCCCC/C=C\C/C=C\CCCCCCCC(=O)OCCCCCCCCCCC/C=C\CCCCCCCCCC(=O)NC(CO)C(O)/C=C/CCCCCCCCCCCCCCCCCCCCCCC. The van der Waals surface area contributed by atoms with Crippen LogP contribution in [-0.4, -0.2) is 47.4 Å². The van der Waals surface area contributed by atoms with Crippen LogP contribution in [0.15, 0.2) is 48.6 Å². The highest BCUT2D eigenvalue weighted by molar-refractivity contribution is 5.76. The number of amides is 1. The number of carbonyl (C=O) groups excluding carboxylic acids is 2. The van der Waals surface area contributed by atoms with E-state index in [9.17, 15) is 19.8 Å². The lowest BCUT2D eigenvalue weighted by molar-refractivity contribution is -0.143. The minimum absolute atomic E-state index is 0.00835. The van der Waals surface area contributed by atoms with Crippen LogP contribution < -0.4 is 5.32 Å². The second-order valence-corrected chi connectivity index (χ2v) is 22.8. The second-order valence-electron chi connectivity index (χ2n) is 22.8. The fourth-order valence-corrected chi connectivity index (χ4v) is 10.2. The van der Waals surface area contributed by atoms with Gasteiger partial charge in [0.15, 0.2) is 0 Å². The quantitative estimate of drug-likeness (QED) is 0.0320. The molecule has 0 rings (SSSR count). The van der Waals surface area contributed by atoms with E-state index < -0.39 is 12.1 Å². The molecule has 0 aliphatic carbocycles. The number of hydrogen-bond acceptors (Lipinski definition) is 5. The second kappa shape index (κ2) is 64.3. The highest BCUT2D eigenvalue weighted by atomic mass is 16.5. The van der Waals surface area contributed by atoms with E-state index >= 15 is 0 Å². The van der Waals surface area contributed by atoms with Crippen molar-refractivity contribution in [3.05, 3.63) is 48.6 Å². The Morgan fingerprint density at radius 2 is 0.667 bits per heavy atom. The summed E-state index contributed by atoms with van der Waals surface area (Å²) in [5.74, 6) is -0.0826. The number of aliphatic hydroxyl groups excluding tert-OH is 2. The molecular weight excluding hydrogens is 923 g/mol. The Kier molecular flexibility index (Phi) is 62.5. The van der Waals surface area contributed by atoms with E-state index in [1.165, 1.54) is 270 Å². The number of esters is 1. The summed E-state index contributed by atoms with van der Waals surface area (Å²) in [5.41, 5.74) is 0. The number of allylic oxidation sites excluding steroid dienone is 7. The van der Waals surface area contributed by atoms with Crippen LogP contribution in [0.2, 0.25) is 0 Å². The molecule has 6 heteroatoms. The lowest BCUT2D eigenvalue weighted by atomic mass is 10.0. The van der Waals surface area contributed by atoms with Gasteiger partial charge in [-0.15, -0.1) is 0 Å². The first-order valence-electron chi connectivity index (χ1n) is 33.4. The third-order valence-corrected chi connectivity index (χ3v) is 15.3. The molecule has 0 bridgehead atoms. The van der Waals surface area contributed by atoms with Gasteiger partial charge in [-0.2, -0.15) is 0 Å². The fourth-order valence-electron chi connectivity index (χ4n) is 10.2. The number of aliphatic hydroxyl groups is 2. The van der Waals surface area contributed by atoms with E-state index in [1.807, 2.05) is 6.08 Å². The molecule has 6 nitrogen and oxygen atoms in total. The van der Waals surface area contributed by atoms with Crippen LogP contribution in [0.5, 0.6) is 0 Å². The van der Waals surface area contributed by atoms with Crippen LogP contribution in [-0.2, 0) is 14.3 Å². The molecule has 1 amide bonds. The zero-order chi connectivity index (χ0) is 54.3. The average molecular weight is 1050 g/mol. The summed E-state index contributed by atoms with van der Waals surface area (Å²) >= 11 is 0. The molecule has 440 valence electrons. The van der Waals surface area contributed by atoms with Gasteiger partial charge in [0, 0.05) is 12.8 Å². The smallest absolute Gasteiger partial charge is 0.305 e. The van der Waals surface area contributed by atoms with Crippen LogP contribution in [0, 0.1) is 0 Å². The van der Waals surface area contributed by atoms with Crippen molar-refractivity contribution in [2.75, 3.05) is 13.2 Å². The number of hydrogen-bond donors (Lipinski definition) is 3. The normalized spacial score (nSPS) is 12.9. The topological polar surface area (TPSA) is 95.9 Å². The minimum atomic E-state index is -0.852. The molecule has 0 spiro atoms. The maximum absolute atomic E-state index is 12.5. The lowest BCUT2D eigenvalue weighted by Gasteiger charge is -2.20. The predicted molar refractivity (Wildman–Crippen MR) is 329 cm³/mol. The van der Waals surface area contributed by atoms with E-state index in [0.29, 0.717) is 19.4 Å². The maximum Gasteiger partial charge on any atom is 0.305 e. The Morgan fingerprint density at radius 3 is 1.05 bits per heavy atom. The fraction of sp³-hybridized carbons (Fsp3) is 0.855. The van der Waals surface area contributed by atoms with E-state index in [2.05, 4.69) is 55.6 Å². The summed E-state index contributed by atoms with van der Waals surface area (Å²) < 4.78 is 5.47. The van der Waals surface area contributed by atoms with Gasteiger partial charge >= 0.3 is 5.97 Å². The molecule has 0 aromatic carbocycles. The number of rotatable bonds is 62. The standard InChI is InChI=1S/C69H129NO5/c1-3-5-7-9-11-13-15-17-19-20-21-22-23-24-27-30-34-37-41-45-49-53-57-61-67(72)66(65-71)70-68(73)62-58-54-50-46-42-38-35-31-28-25-26-29-32-36-40-44-48-52-56-60-64-75-69(74)63-59-55-51-47-43-39-33-18-16-14-12-10-8-6-4-2/h12,14,18,25,28,33,57,61,66-67,71-72H,3-11,13,15-17,19-24,26-27,29-32,34-56,58-60,62-65H2,1-2H3,(H,70,73)/b14-12-,28-25-,33-18-,61-57+. The van der Waals surface area contributed by atoms with Crippen LogP contribution in [0.3, 0.4) is 0 Å². The van der Waals surface area contributed by atoms with Gasteiger partial charge in [0.1, 0.15) is 0 Å². The van der Waals surface area contributed by atoms with Crippen LogP contribution >= 0.6 is 0 Å². The molecule has 0 aromatic rings. The zero-order valence-corrected chi connectivity index (χ0v) is 50.3. The lowest BCUT2D eigenvalue weighted by Crippen LogP contribution is -2.45. The van der Waals surface area contributed by atoms with Crippen LogP contribution in [0.4, 0.5) is 0 Å². The van der Waals surface area contributed by atoms with Crippen molar-refractivity contribution in [1.82, 2.24) is 5.32 Å². The summed E-state index contributed by atoms with van der Waals surface area (Å²) in [7, 11) is 0. The Labute approximate surface area is 467 Å². The van der Waals surface area contributed by atoms with E-state index in [0.717, 1.165) is 57.8 Å². The molecule has 0 aliphatic rings. The Balaban J connectivity index is 3.47. The van der Waals surface area contributed by atoms with Gasteiger partial charge in [-0.3, -0.25) is 9.59 Å². The van der Waals surface area contributed by atoms with Gasteiger partial charge in [-0.25, -0.2) is 0 Å². The molecule has 2 unspecified atom stereocenters. The maximum atomic E-state index is 12.5. The van der Waals surface area contributed by atoms with E-state index in [-0.39, 0.29) is 18.5 Å². The molecule has 0 aromatic heterocycles. The van der Waals surface area contributed by atoms with Crippen molar-refractivity contribution in [3.8, 4) is 0 Å². The van der Waals surface area contributed by atoms with Gasteiger partial charge in [-0.05, 0) is 89.9 Å². The third-order valence-electron chi connectivity index (χ3n) is 15.3. The minimum Gasteiger partial charge on any atom is -0.466 e. The number of carbonyl (C=O) groups is 2. The number of nitrogens with one attached hydrogen (secondary N) is 1. The first kappa shape index (κ1) is 72.8. The number of unbranched alkanes of at least 4 members (excludes halogenated alkanes) is 45. The first-order valence-corrected chi connectivity index (χ1v) is 33.4. The highest BCUT2D eigenvalue weighted by Gasteiger charge is 2.18. The summed E-state index contributed by atoms with van der Waals surface area (Å²) in [5, 5.41) is 23.2. The average Bonchev–Trinajstić information content (AvgIpc) is 3.41. The predicted octanol–water partition coefficient (Wildman–Crippen LogP) is 21.3. The van der Waals surface area contributed by atoms with Crippen molar-refractivity contribution in [2.45, 2.75) is 366 Å². The highest BCUT2D eigenvalue weighted by Crippen LogP contribution is 2.17. The molecule has 0 heterocycles. The summed E-state index contributed by atoms with van der Waals surface area (Å²) in [4.78, 5) is 24.6. The van der Waals surface area contributed by atoms with Crippen molar-refractivity contribution in [2.24, 2.45) is 0 Å². The Hall–Kier alpha value is -2.18. The van der Waals surface area contributed by atoms with Crippen LogP contribution in [0.1, 0.15) is 354 Å². The van der Waals surface area contributed by atoms with E-state index in [4.69, 9.17) is 4.74 Å². The van der Waals surface area contributed by atoms with Crippen molar-refractivity contribution >= 4 is 11.9 Å². The molecule has 0 saturated carbocycles. The zero-order valence-electron chi connectivity index (χ0n) is 50.3. The van der Waals surface area contributed by atoms with Crippen LogP contribution in [0.25, 0.3) is 0 Å².